The fourth-order valence-corrected chi connectivity index (χ4v) is 2.79. The van der Waals surface area contributed by atoms with Crippen LogP contribution in [0.2, 0.25) is 0 Å². The predicted molar refractivity (Wildman–Crippen MR) is 72.7 cm³/mol. The molecule has 1 aromatic rings. The summed E-state index contributed by atoms with van der Waals surface area (Å²) in [6.45, 7) is 3.20. The van der Waals surface area contributed by atoms with Crippen LogP contribution in [0.15, 0.2) is 18.2 Å². The Balaban J connectivity index is 1.89. The zero-order chi connectivity index (χ0) is 13.1. The van der Waals surface area contributed by atoms with E-state index in [-0.39, 0.29) is 0 Å². The molecule has 3 rings (SSSR count). The van der Waals surface area contributed by atoms with Gasteiger partial charge in [0, 0.05) is 6.42 Å². The summed E-state index contributed by atoms with van der Waals surface area (Å²) in [5.41, 5.74) is 0.203. The Morgan fingerprint density at radius 1 is 1.00 bits per heavy atom. The molecule has 0 aliphatic carbocycles. The van der Waals surface area contributed by atoms with Crippen molar-refractivity contribution in [2.45, 2.75) is 31.3 Å². The van der Waals surface area contributed by atoms with Crippen LogP contribution >= 0.6 is 0 Å². The first kappa shape index (κ1) is 12.8. The third-order valence-electron chi connectivity index (χ3n) is 3.94. The van der Waals surface area contributed by atoms with Crippen LogP contribution in [0.1, 0.15) is 31.2 Å². The van der Waals surface area contributed by atoms with Gasteiger partial charge in [-0.25, -0.2) is 0 Å². The first-order valence-electron chi connectivity index (χ1n) is 7.11. The molecule has 0 aromatic heterocycles. The number of aliphatic hydroxyl groups is 1. The second-order valence-corrected chi connectivity index (χ2v) is 5.35. The van der Waals surface area contributed by atoms with E-state index in [1.807, 2.05) is 18.2 Å². The standard InChI is InChI=1S/C15H21NO3/c17-15(5-1-7-16-8-6-15)12-3-4-13-14(11-12)19-10-2-9-18-13/h3-4,11,16-17H,1-2,5-10H2. The summed E-state index contributed by atoms with van der Waals surface area (Å²) < 4.78 is 11.3. The minimum Gasteiger partial charge on any atom is -0.490 e. The Morgan fingerprint density at radius 3 is 2.74 bits per heavy atom. The Labute approximate surface area is 113 Å². The van der Waals surface area contributed by atoms with Gasteiger partial charge in [-0.1, -0.05) is 6.07 Å². The second-order valence-electron chi connectivity index (χ2n) is 5.35. The van der Waals surface area contributed by atoms with Crippen molar-refractivity contribution in [1.29, 1.82) is 0 Å². The van der Waals surface area contributed by atoms with Gasteiger partial charge < -0.3 is 19.9 Å². The molecule has 0 saturated carbocycles. The molecule has 0 bridgehead atoms. The smallest absolute Gasteiger partial charge is 0.161 e. The molecule has 4 nitrogen and oxygen atoms in total. The van der Waals surface area contributed by atoms with E-state index in [4.69, 9.17) is 9.47 Å². The van der Waals surface area contributed by atoms with Crippen molar-refractivity contribution in [2.24, 2.45) is 0 Å². The van der Waals surface area contributed by atoms with E-state index in [0.29, 0.717) is 13.2 Å². The zero-order valence-corrected chi connectivity index (χ0v) is 11.2. The van der Waals surface area contributed by atoms with E-state index in [0.717, 1.165) is 55.8 Å². The molecule has 1 saturated heterocycles. The highest BCUT2D eigenvalue weighted by atomic mass is 16.5. The summed E-state index contributed by atoms with van der Waals surface area (Å²) in [7, 11) is 0. The van der Waals surface area contributed by atoms with Crippen LogP contribution in [-0.2, 0) is 5.60 Å². The Hall–Kier alpha value is -1.26. The lowest BCUT2D eigenvalue weighted by Gasteiger charge is -2.27. The lowest BCUT2D eigenvalue weighted by Crippen LogP contribution is -2.27. The zero-order valence-electron chi connectivity index (χ0n) is 11.2. The van der Waals surface area contributed by atoms with Gasteiger partial charge >= 0.3 is 0 Å². The third kappa shape index (κ3) is 2.69. The van der Waals surface area contributed by atoms with E-state index in [2.05, 4.69) is 5.32 Å². The monoisotopic (exact) mass is 263 g/mol. The van der Waals surface area contributed by atoms with Crippen LogP contribution in [-0.4, -0.2) is 31.4 Å². The van der Waals surface area contributed by atoms with Gasteiger partial charge in [-0.05, 0) is 50.0 Å². The third-order valence-corrected chi connectivity index (χ3v) is 3.94. The van der Waals surface area contributed by atoms with Gasteiger partial charge in [0.2, 0.25) is 0 Å². The number of hydrogen-bond acceptors (Lipinski definition) is 4. The summed E-state index contributed by atoms with van der Waals surface area (Å²) in [4.78, 5) is 0. The maximum atomic E-state index is 10.9. The minimum absolute atomic E-state index is 0.677. The molecule has 19 heavy (non-hydrogen) atoms. The molecule has 0 amide bonds. The molecule has 1 fully saturated rings. The number of nitrogens with one attached hydrogen (secondary N) is 1. The summed E-state index contributed by atoms with van der Waals surface area (Å²) in [5.74, 6) is 1.55. The molecule has 0 spiro atoms. The molecule has 104 valence electrons. The summed E-state index contributed by atoms with van der Waals surface area (Å²) >= 11 is 0. The number of benzene rings is 1. The normalized spacial score (nSPS) is 27.4. The van der Waals surface area contributed by atoms with Crippen molar-refractivity contribution in [3.63, 3.8) is 0 Å². The molecular formula is C15H21NO3. The highest BCUT2D eigenvalue weighted by Gasteiger charge is 2.31. The molecule has 4 heteroatoms. The maximum Gasteiger partial charge on any atom is 0.161 e. The summed E-state index contributed by atoms with van der Waals surface area (Å²) in [6.07, 6.45) is 3.43. The molecule has 1 atom stereocenters. The molecule has 1 unspecified atom stereocenters. The minimum atomic E-state index is -0.742. The lowest BCUT2D eigenvalue weighted by molar-refractivity contribution is 0.0238. The van der Waals surface area contributed by atoms with Crippen LogP contribution in [0.3, 0.4) is 0 Å². The van der Waals surface area contributed by atoms with Crippen LogP contribution in [0.4, 0.5) is 0 Å². The van der Waals surface area contributed by atoms with E-state index < -0.39 is 5.60 Å². The van der Waals surface area contributed by atoms with Crippen LogP contribution in [0, 0.1) is 0 Å². The average molecular weight is 263 g/mol. The molecule has 2 aliphatic heterocycles. The SMILES string of the molecule is OC1(c2ccc3c(c2)OCCCO3)CCCNCC1. The molecule has 2 aliphatic rings. The quantitative estimate of drug-likeness (QED) is 0.811. The number of rotatable bonds is 1. The first-order valence-corrected chi connectivity index (χ1v) is 7.11. The molecule has 0 radical (unpaired) electrons. The fourth-order valence-electron chi connectivity index (χ4n) is 2.79. The van der Waals surface area contributed by atoms with Gasteiger partial charge in [-0.3, -0.25) is 0 Å². The number of fused-ring (bicyclic) bond motifs is 1. The molecule has 2 N–H and O–H groups in total. The van der Waals surface area contributed by atoms with Crippen molar-refractivity contribution < 1.29 is 14.6 Å². The predicted octanol–water partition coefficient (Wildman–Crippen LogP) is 1.81. The van der Waals surface area contributed by atoms with Gasteiger partial charge in [0.25, 0.3) is 0 Å². The van der Waals surface area contributed by atoms with Gasteiger partial charge in [0.15, 0.2) is 11.5 Å². The van der Waals surface area contributed by atoms with Gasteiger partial charge in [-0.15, -0.1) is 0 Å². The van der Waals surface area contributed by atoms with E-state index in [1.54, 1.807) is 0 Å². The highest BCUT2D eigenvalue weighted by Crippen LogP contribution is 2.37. The summed E-state index contributed by atoms with van der Waals surface area (Å²) in [6, 6.07) is 5.84. The van der Waals surface area contributed by atoms with Crippen molar-refractivity contribution in [3.8, 4) is 11.5 Å². The Bertz CT molecular complexity index is 439. The highest BCUT2D eigenvalue weighted by molar-refractivity contribution is 5.45. The molecular weight excluding hydrogens is 242 g/mol. The summed E-state index contributed by atoms with van der Waals surface area (Å²) in [5, 5.41) is 14.2. The van der Waals surface area contributed by atoms with Gasteiger partial charge in [0.05, 0.1) is 18.8 Å². The second kappa shape index (κ2) is 5.39. The Morgan fingerprint density at radius 2 is 1.84 bits per heavy atom. The first-order chi connectivity index (χ1) is 9.28. The van der Waals surface area contributed by atoms with E-state index >= 15 is 0 Å². The topological polar surface area (TPSA) is 50.7 Å². The van der Waals surface area contributed by atoms with Crippen molar-refractivity contribution in [2.75, 3.05) is 26.3 Å². The maximum absolute atomic E-state index is 10.9. The molecule has 1 aromatic carbocycles. The number of hydrogen-bond donors (Lipinski definition) is 2. The Kier molecular flexibility index (Phi) is 3.62. The number of ether oxygens (including phenoxy) is 2. The van der Waals surface area contributed by atoms with E-state index in [1.165, 1.54) is 0 Å². The largest absolute Gasteiger partial charge is 0.490 e. The van der Waals surface area contributed by atoms with Crippen molar-refractivity contribution in [1.82, 2.24) is 5.32 Å². The van der Waals surface area contributed by atoms with Crippen molar-refractivity contribution in [3.05, 3.63) is 23.8 Å². The van der Waals surface area contributed by atoms with Crippen LogP contribution < -0.4 is 14.8 Å². The van der Waals surface area contributed by atoms with Crippen LogP contribution in [0.25, 0.3) is 0 Å². The van der Waals surface area contributed by atoms with Crippen LogP contribution in [0.5, 0.6) is 11.5 Å². The fraction of sp³-hybridized carbons (Fsp3) is 0.600. The molecule has 2 heterocycles. The van der Waals surface area contributed by atoms with Gasteiger partial charge in [0.1, 0.15) is 0 Å². The lowest BCUT2D eigenvalue weighted by atomic mass is 9.86. The average Bonchev–Trinajstić information content (AvgIpc) is 2.78. The van der Waals surface area contributed by atoms with Crippen molar-refractivity contribution >= 4 is 0 Å². The van der Waals surface area contributed by atoms with Gasteiger partial charge in [-0.2, -0.15) is 0 Å². The van der Waals surface area contributed by atoms with E-state index in [9.17, 15) is 5.11 Å².